The van der Waals surface area contributed by atoms with E-state index in [1.807, 2.05) is 78.9 Å². The zero-order valence-corrected chi connectivity index (χ0v) is 17.9. The highest BCUT2D eigenvalue weighted by molar-refractivity contribution is 7.80. The number of nitrogens with one attached hydrogen (secondary N) is 3. The maximum absolute atomic E-state index is 12.3. The van der Waals surface area contributed by atoms with Crippen molar-refractivity contribution in [1.29, 1.82) is 0 Å². The second-order valence-corrected chi connectivity index (χ2v) is 7.54. The molecule has 3 N–H and O–H groups in total. The van der Waals surface area contributed by atoms with Crippen LogP contribution in [0.5, 0.6) is 5.75 Å². The van der Waals surface area contributed by atoms with Crippen molar-refractivity contribution in [3.05, 3.63) is 90.5 Å². The highest BCUT2D eigenvalue weighted by Gasteiger charge is 2.10. The van der Waals surface area contributed by atoms with Gasteiger partial charge < -0.3 is 4.74 Å². The standard InChI is InChI=1S/C25H21N3O3S/c29-23(15-19-11-5-9-17-7-1-3-12-20(17)19)27-28-25(32)26-24(30)16-31-22-14-6-10-18-8-2-4-13-21(18)22/h1-14H,15-16H2,(H,27,29)(H2,26,28,30,32). The molecule has 0 bridgehead atoms. The van der Waals surface area contributed by atoms with E-state index in [-0.39, 0.29) is 24.0 Å². The summed E-state index contributed by atoms with van der Waals surface area (Å²) in [5.41, 5.74) is 5.97. The smallest absolute Gasteiger partial charge is 0.264 e. The van der Waals surface area contributed by atoms with Crippen LogP contribution in [-0.4, -0.2) is 23.5 Å². The third kappa shape index (κ3) is 5.19. The lowest BCUT2D eigenvalue weighted by molar-refractivity contribution is -0.122. The van der Waals surface area contributed by atoms with Gasteiger partial charge in [0.15, 0.2) is 11.7 Å². The molecule has 0 aliphatic rings. The highest BCUT2D eigenvalue weighted by atomic mass is 32.1. The van der Waals surface area contributed by atoms with E-state index in [1.54, 1.807) is 6.07 Å². The van der Waals surface area contributed by atoms with Crippen LogP contribution in [0, 0.1) is 0 Å². The molecule has 7 heteroatoms. The van der Waals surface area contributed by atoms with Crippen molar-refractivity contribution >= 4 is 50.7 Å². The van der Waals surface area contributed by atoms with Crippen molar-refractivity contribution in [2.75, 3.05) is 6.61 Å². The molecule has 0 aliphatic carbocycles. The molecule has 6 nitrogen and oxygen atoms in total. The lowest BCUT2D eigenvalue weighted by Crippen LogP contribution is -2.49. The van der Waals surface area contributed by atoms with Crippen molar-refractivity contribution in [1.82, 2.24) is 16.2 Å². The number of fused-ring (bicyclic) bond motifs is 2. The molecule has 4 rings (SSSR count). The number of benzene rings is 4. The Kier molecular flexibility index (Phi) is 6.57. The topological polar surface area (TPSA) is 79.5 Å². The number of hydrogen-bond acceptors (Lipinski definition) is 4. The first-order valence-electron chi connectivity index (χ1n) is 10.1. The van der Waals surface area contributed by atoms with Gasteiger partial charge in [-0.2, -0.15) is 0 Å². The van der Waals surface area contributed by atoms with Gasteiger partial charge in [-0.3, -0.25) is 25.8 Å². The van der Waals surface area contributed by atoms with E-state index >= 15 is 0 Å². The van der Waals surface area contributed by atoms with Gasteiger partial charge in [-0.05, 0) is 40.0 Å². The summed E-state index contributed by atoms with van der Waals surface area (Å²) in [7, 11) is 0. The lowest BCUT2D eigenvalue weighted by atomic mass is 10.0. The highest BCUT2D eigenvalue weighted by Crippen LogP contribution is 2.25. The molecule has 0 aromatic heterocycles. The summed E-state index contributed by atoms with van der Waals surface area (Å²) < 4.78 is 5.64. The molecule has 4 aromatic carbocycles. The normalized spacial score (nSPS) is 10.5. The molecule has 0 spiro atoms. The summed E-state index contributed by atoms with van der Waals surface area (Å²) in [5, 5.41) is 6.51. The van der Waals surface area contributed by atoms with Crippen LogP contribution in [0.15, 0.2) is 84.9 Å². The first kappa shape index (κ1) is 21.3. The molecule has 0 fully saturated rings. The molecular weight excluding hydrogens is 422 g/mol. The van der Waals surface area contributed by atoms with Gasteiger partial charge in [0.1, 0.15) is 5.75 Å². The van der Waals surface area contributed by atoms with Gasteiger partial charge in [0.25, 0.3) is 5.91 Å². The number of hydrogen-bond donors (Lipinski definition) is 3. The third-order valence-electron chi connectivity index (χ3n) is 4.91. The Labute approximate surface area is 190 Å². The Morgan fingerprint density at radius 2 is 1.34 bits per heavy atom. The molecule has 0 atom stereocenters. The van der Waals surface area contributed by atoms with Crippen LogP contribution in [0.1, 0.15) is 5.56 Å². The first-order chi connectivity index (χ1) is 15.6. The molecule has 0 radical (unpaired) electrons. The predicted octanol–water partition coefficient (Wildman–Crippen LogP) is 3.64. The number of carbonyl (C=O) groups excluding carboxylic acids is 2. The van der Waals surface area contributed by atoms with E-state index in [2.05, 4.69) is 16.2 Å². The van der Waals surface area contributed by atoms with Crippen molar-refractivity contribution in [3.8, 4) is 5.75 Å². The second-order valence-electron chi connectivity index (χ2n) is 7.13. The lowest BCUT2D eigenvalue weighted by Gasteiger charge is -2.12. The fraction of sp³-hybridized carbons (Fsp3) is 0.0800. The number of hydrazine groups is 1. The number of amides is 2. The van der Waals surface area contributed by atoms with Crippen LogP contribution in [0.4, 0.5) is 0 Å². The van der Waals surface area contributed by atoms with Crippen LogP contribution < -0.4 is 20.9 Å². The molecule has 2 amide bonds. The average molecular weight is 444 g/mol. The van der Waals surface area contributed by atoms with Gasteiger partial charge in [0.05, 0.1) is 6.42 Å². The molecule has 0 heterocycles. The van der Waals surface area contributed by atoms with E-state index in [4.69, 9.17) is 17.0 Å². The minimum atomic E-state index is -0.432. The number of carbonyl (C=O) groups is 2. The summed E-state index contributed by atoms with van der Waals surface area (Å²) in [5.74, 6) is -0.0933. The monoisotopic (exact) mass is 443 g/mol. The van der Waals surface area contributed by atoms with Gasteiger partial charge in [0, 0.05) is 5.39 Å². The zero-order valence-electron chi connectivity index (χ0n) is 17.1. The van der Waals surface area contributed by atoms with Crippen LogP contribution in [0.25, 0.3) is 21.5 Å². The molecule has 0 saturated heterocycles. The first-order valence-corrected chi connectivity index (χ1v) is 10.5. The van der Waals surface area contributed by atoms with Gasteiger partial charge >= 0.3 is 0 Å². The Morgan fingerprint density at radius 1 is 0.719 bits per heavy atom. The zero-order chi connectivity index (χ0) is 22.3. The van der Waals surface area contributed by atoms with Crippen molar-refractivity contribution in [2.45, 2.75) is 6.42 Å². The summed E-state index contributed by atoms with van der Waals surface area (Å²) in [4.78, 5) is 24.5. The number of thiocarbonyl (C=S) groups is 1. The molecule has 160 valence electrons. The molecule has 0 saturated carbocycles. The summed E-state index contributed by atoms with van der Waals surface area (Å²) in [6.07, 6.45) is 0.176. The van der Waals surface area contributed by atoms with E-state index < -0.39 is 5.91 Å². The van der Waals surface area contributed by atoms with Gasteiger partial charge in [-0.25, -0.2) is 0 Å². The van der Waals surface area contributed by atoms with Gasteiger partial charge in [-0.1, -0.05) is 78.9 Å². The number of ether oxygens (including phenoxy) is 1. The summed E-state index contributed by atoms with van der Waals surface area (Å²) >= 11 is 5.08. The largest absolute Gasteiger partial charge is 0.483 e. The van der Waals surface area contributed by atoms with Crippen molar-refractivity contribution < 1.29 is 14.3 Å². The minimum absolute atomic E-state index is 0.0113. The maximum Gasteiger partial charge on any atom is 0.264 e. The summed E-state index contributed by atoms with van der Waals surface area (Å²) in [6, 6.07) is 27.1. The van der Waals surface area contributed by atoms with Crippen LogP contribution in [-0.2, 0) is 16.0 Å². The van der Waals surface area contributed by atoms with E-state index in [1.165, 1.54) is 0 Å². The van der Waals surface area contributed by atoms with Crippen LogP contribution >= 0.6 is 12.2 Å². The van der Waals surface area contributed by atoms with Crippen molar-refractivity contribution in [2.24, 2.45) is 0 Å². The maximum atomic E-state index is 12.3. The molecule has 4 aromatic rings. The average Bonchev–Trinajstić information content (AvgIpc) is 2.81. The van der Waals surface area contributed by atoms with E-state index in [9.17, 15) is 9.59 Å². The molecule has 0 unspecified atom stereocenters. The van der Waals surface area contributed by atoms with E-state index in [0.717, 1.165) is 27.1 Å². The molecule has 0 aliphatic heterocycles. The van der Waals surface area contributed by atoms with Crippen LogP contribution in [0.2, 0.25) is 0 Å². The fourth-order valence-electron chi connectivity index (χ4n) is 3.45. The van der Waals surface area contributed by atoms with Crippen LogP contribution in [0.3, 0.4) is 0 Å². The van der Waals surface area contributed by atoms with Gasteiger partial charge in [-0.15, -0.1) is 0 Å². The second kappa shape index (κ2) is 9.89. The Morgan fingerprint density at radius 3 is 2.12 bits per heavy atom. The minimum Gasteiger partial charge on any atom is -0.483 e. The quantitative estimate of drug-likeness (QED) is 0.324. The Balaban J connectivity index is 1.25. The van der Waals surface area contributed by atoms with Crippen molar-refractivity contribution in [3.63, 3.8) is 0 Å². The third-order valence-corrected chi connectivity index (χ3v) is 5.11. The predicted molar refractivity (Wildman–Crippen MR) is 129 cm³/mol. The Hall–Kier alpha value is -3.97. The fourth-order valence-corrected chi connectivity index (χ4v) is 3.61. The SMILES string of the molecule is O=C(Cc1cccc2ccccc12)NNC(=S)NC(=O)COc1cccc2ccccc12. The van der Waals surface area contributed by atoms with E-state index in [0.29, 0.717) is 5.75 Å². The molecule has 32 heavy (non-hydrogen) atoms. The summed E-state index contributed by atoms with van der Waals surface area (Å²) in [6.45, 7) is -0.209. The molecular formula is C25H21N3O3S. The number of rotatable bonds is 5. The van der Waals surface area contributed by atoms with Gasteiger partial charge in [0.2, 0.25) is 5.91 Å². The Bertz CT molecular complexity index is 1300.